The molecule has 5 heteroatoms. The molecule has 0 unspecified atom stereocenters. The van der Waals surface area contributed by atoms with Gasteiger partial charge in [-0.3, -0.25) is 9.36 Å². The predicted octanol–water partition coefficient (Wildman–Crippen LogP) is 3.54. The molecule has 28 heavy (non-hydrogen) atoms. The zero-order valence-electron chi connectivity index (χ0n) is 15.2. The van der Waals surface area contributed by atoms with Crippen LogP contribution in [0, 0.1) is 11.3 Å². The molecule has 2 aromatic heterocycles. The van der Waals surface area contributed by atoms with E-state index in [1.54, 1.807) is 29.1 Å². The Hall–Kier alpha value is -3.91. The summed E-state index contributed by atoms with van der Waals surface area (Å²) in [6, 6.07) is 22.8. The first kappa shape index (κ1) is 17.5. The maximum absolute atomic E-state index is 12.0. The highest BCUT2D eigenvalue weighted by Gasteiger charge is 2.06. The molecule has 0 aliphatic heterocycles. The van der Waals surface area contributed by atoms with E-state index in [0.717, 1.165) is 22.6 Å². The average Bonchev–Trinajstić information content (AvgIpc) is 3.16. The third-order valence-corrected chi connectivity index (χ3v) is 4.64. The summed E-state index contributed by atoms with van der Waals surface area (Å²) in [5.74, 6) is 0.966. The number of hydrogen-bond acceptors (Lipinski definition) is 3. The third-order valence-electron chi connectivity index (χ3n) is 4.64. The van der Waals surface area contributed by atoms with Gasteiger partial charge in [0.05, 0.1) is 11.6 Å². The number of nitriles is 1. The van der Waals surface area contributed by atoms with E-state index < -0.39 is 0 Å². The fourth-order valence-electron chi connectivity index (χ4n) is 3.13. The molecule has 0 radical (unpaired) electrons. The van der Waals surface area contributed by atoms with Crippen molar-refractivity contribution in [3.63, 3.8) is 0 Å². The molecule has 2 heterocycles. The molecule has 0 saturated heterocycles. The Balaban J connectivity index is 1.51. The van der Waals surface area contributed by atoms with Gasteiger partial charge in [-0.25, -0.2) is 4.98 Å². The summed E-state index contributed by atoms with van der Waals surface area (Å²) in [6.45, 7) is 0.704. The summed E-state index contributed by atoms with van der Waals surface area (Å²) >= 11 is 0. The van der Waals surface area contributed by atoms with Crippen LogP contribution in [-0.2, 0) is 13.0 Å². The van der Waals surface area contributed by atoms with Gasteiger partial charge in [-0.2, -0.15) is 5.26 Å². The summed E-state index contributed by atoms with van der Waals surface area (Å²) < 4.78 is 3.74. The quantitative estimate of drug-likeness (QED) is 0.543. The molecule has 0 atom stereocenters. The molecule has 4 rings (SSSR count). The van der Waals surface area contributed by atoms with Crippen LogP contribution in [0.3, 0.4) is 0 Å². The van der Waals surface area contributed by atoms with Crippen LogP contribution in [-0.4, -0.2) is 14.1 Å². The Morgan fingerprint density at radius 2 is 1.64 bits per heavy atom. The minimum atomic E-state index is -0.0467. The van der Waals surface area contributed by atoms with E-state index in [1.165, 1.54) is 0 Å². The van der Waals surface area contributed by atoms with Crippen molar-refractivity contribution >= 4 is 0 Å². The number of nitrogens with zero attached hydrogens (tertiary/aromatic N) is 4. The zero-order valence-corrected chi connectivity index (χ0v) is 15.2. The van der Waals surface area contributed by atoms with Crippen LogP contribution in [0.1, 0.15) is 22.5 Å². The van der Waals surface area contributed by atoms with Crippen LogP contribution in [0.4, 0.5) is 0 Å². The fraction of sp³-hybridized carbons (Fsp3) is 0.0870. The van der Waals surface area contributed by atoms with Crippen molar-refractivity contribution in [1.29, 1.82) is 5.26 Å². The molecule has 0 fully saturated rings. The van der Waals surface area contributed by atoms with Gasteiger partial charge in [0.2, 0.25) is 0 Å². The number of imidazole rings is 1. The summed E-state index contributed by atoms with van der Waals surface area (Å²) in [5.41, 5.74) is 3.70. The van der Waals surface area contributed by atoms with Crippen molar-refractivity contribution in [2.45, 2.75) is 13.0 Å². The Labute approximate surface area is 162 Å². The van der Waals surface area contributed by atoms with Gasteiger partial charge >= 0.3 is 0 Å². The van der Waals surface area contributed by atoms with Crippen LogP contribution in [0.2, 0.25) is 0 Å². The van der Waals surface area contributed by atoms with E-state index in [4.69, 9.17) is 5.26 Å². The molecule has 136 valence electrons. The molecular weight excluding hydrogens is 348 g/mol. The predicted molar refractivity (Wildman–Crippen MR) is 107 cm³/mol. The first-order valence-electron chi connectivity index (χ1n) is 8.99. The maximum atomic E-state index is 12.0. The summed E-state index contributed by atoms with van der Waals surface area (Å²) in [4.78, 5) is 16.4. The van der Waals surface area contributed by atoms with E-state index in [1.807, 2.05) is 60.8 Å². The van der Waals surface area contributed by atoms with Gasteiger partial charge in [0, 0.05) is 43.3 Å². The summed E-state index contributed by atoms with van der Waals surface area (Å²) in [6.07, 6.45) is 6.24. The Morgan fingerprint density at radius 1 is 0.893 bits per heavy atom. The molecule has 2 aromatic carbocycles. The van der Waals surface area contributed by atoms with Crippen molar-refractivity contribution in [3.8, 4) is 11.8 Å². The molecule has 4 aromatic rings. The van der Waals surface area contributed by atoms with Crippen LogP contribution < -0.4 is 5.56 Å². The van der Waals surface area contributed by atoms with E-state index >= 15 is 0 Å². The van der Waals surface area contributed by atoms with Crippen molar-refractivity contribution in [2.24, 2.45) is 0 Å². The monoisotopic (exact) mass is 366 g/mol. The highest BCUT2D eigenvalue weighted by atomic mass is 16.1. The number of aromatic nitrogens is 3. The average molecular weight is 366 g/mol. The lowest BCUT2D eigenvalue weighted by Crippen LogP contribution is -2.15. The molecule has 0 aliphatic rings. The lowest BCUT2D eigenvalue weighted by molar-refractivity contribution is 0.740. The van der Waals surface area contributed by atoms with Gasteiger partial charge in [-0.05, 0) is 41.5 Å². The van der Waals surface area contributed by atoms with Crippen molar-refractivity contribution in [2.75, 3.05) is 0 Å². The second-order valence-corrected chi connectivity index (χ2v) is 6.53. The van der Waals surface area contributed by atoms with E-state index in [2.05, 4.69) is 15.6 Å². The number of benzene rings is 2. The molecule has 0 amide bonds. The molecule has 0 aliphatic carbocycles. The minimum absolute atomic E-state index is 0.0467. The van der Waals surface area contributed by atoms with Crippen LogP contribution in [0.15, 0.2) is 90.1 Å². The topological polar surface area (TPSA) is 63.6 Å². The first-order chi connectivity index (χ1) is 13.7. The SMILES string of the molecule is N#Cc1ccc(Cc2nccn2Cc2ccc(-n3ccccc3=O)cc2)cc1. The fourth-order valence-corrected chi connectivity index (χ4v) is 3.13. The van der Waals surface area contributed by atoms with Gasteiger partial charge in [0.1, 0.15) is 5.82 Å². The number of hydrogen-bond donors (Lipinski definition) is 0. The lowest BCUT2D eigenvalue weighted by atomic mass is 10.1. The van der Waals surface area contributed by atoms with Gasteiger partial charge in [0.15, 0.2) is 0 Å². The summed E-state index contributed by atoms with van der Waals surface area (Å²) in [5, 5.41) is 8.92. The largest absolute Gasteiger partial charge is 0.330 e. The molecule has 0 spiro atoms. The third kappa shape index (κ3) is 3.76. The smallest absolute Gasteiger partial charge is 0.255 e. The normalized spacial score (nSPS) is 10.5. The van der Waals surface area contributed by atoms with Gasteiger partial charge in [-0.15, -0.1) is 0 Å². The standard InChI is InChI=1S/C23H18N4O/c24-16-19-6-4-18(5-7-19)15-22-25-12-14-26(22)17-20-8-10-21(11-9-20)27-13-2-1-3-23(27)28/h1-14H,15,17H2. The van der Waals surface area contributed by atoms with Gasteiger partial charge in [-0.1, -0.05) is 30.3 Å². The van der Waals surface area contributed by atoms with E-state index in [9.17, 15) is 4.79 Å². The highest BCUT2D eigenvalue weighted by Crippen LogP contribution is 2.13. The van der Waals surface area contributed by atoms with E-state index in [-0.39, 0.29) is 5.56 Å². The Kier molecular flexibility index (Phi) is 4.85. The van der Waals surface area contributed by atoms with Crippen molar-refractivity contribution < 1.29 is 0 Å². The Morgan fingerprint density at radius 3 is 2.36 bits per heavy atom. The first-order valence-corrected chi connectivity index (χ1v) is 8.99. The van der Waals surface area contributed by atoms with Crippen LogP contribution >= 0.6 is 0 Å². The molecule has 0 N–H and O–H groups in total. The summed E-state index contributed by atoms with van der Waals surface area (Å²) in [7, 11) is 0. The molecular formula is C23H18N4O. The Bertz CT molecular complexity index is 1180. The van der Waals surface area contributed by atoms with Gasteiger partial charge < -0.3 is 4.57 Å². The van der Waals surface area contributed by atoms with Crippen LogP contribution in [0.25, 0.3) is 5.69 Å². The maximum Gasteiger partial charge on any atom is 0.255 e. The zero-order chi connectivity index (χ0) is 19.3. The highest BCUT2D eigenvalue weighted by molar-refractivity contribution is 5.35. The second-order valence-electron chi connectivity index (χ2n) is 6.53. The van der Waals surface area contributed by atoms with E-state index in [0.29, 0.717) is 18.5 Å². The molecule has 5 nitrogen and oxygen atoms in total. The number of rotatable bonds is 5. The molecule has 0 saturated carbocycles. The molecule has 0 bridgehead atoms. The van der Waals surface area contributed by atoms with Crippen molar-refractivity contribution in [1.82, 2.24) is 14.1 Å². The van der Waals surface area contributed by atoms with Crippen LogP contribution in [0.5, 0.6) is 0 Å². The van der Waals surface area contributed by atoms with Crippen molar-refractivity contribution in [3.05, 3.63) is 118 Å². The number of pyridine rings is 1. The lowest BCUT2D eigenvalue weighted by Gasteiger charge is -2.10. The minimum Gasteiger partial charge on any atom is -0.330 e. The second kappa shape index (κ2) is 7.77. The van der Waals surface area contributed by atoms with Gasteiger partial charge in [0.25, 0.3) is 5.56 Å².